The molecule has 0 radical (unpaired) electrons. The number of aromatic nitrogens is 1. The van der Waals surface area contributed by atoms with Crippen LogP contribution in [0.25, 0.3) is 0 Å². The molecule has 0 aromatic carbocycles. The molecule has 0 aliphatic heterocycles. The molecule has 1 rings (SSSR count). The average Bonchev–Trinajstić information content (AvgIpc) is 2.30. The third-order valence-corrected chi connectivity index (χ3v) is 2.08. The highest BCUT2D eigenvalue weighted by molar-refractivity contribution is 5.73. The lowest BCUT2D eigenvalue weighted by atomic mass is 10.1. The van der Waals surface area contributed by atoms with Gasteiger partial charge in [0.2, 0.25) is 5.82 Å². The van der Waals surface area contributed by atoms with E-state index in [0.717, 1.165) is 7.11 Å². The molecule has 1 aromatic heterocycles. The van der Waals surface area contributed by atoms with Crippen molar-refractivity contribution in [2.24, 2.45) is 0 Å². The lowest BCUT2D eigenvalue weighted by molar-refractivity contribution is -0.388. The van der Waals surface area contributed by atoms with Crippen molar-refractivity contribution in [1.29, 1.82) is 0 Å². The Morgan fingerprint density at radius 1 is 1.61 bits per heavy atom. The Labute approximate surface area is 98.5 Å². The molecule has 0 saturated heterocycles. The molecule has 0 bridgehead atoms. The zero-order valence-corrected chi connectivity index (χ0v) is 9.02. The normalized spacial score (nSPS) is 10.5. The van der Waals surface area contributed by atoms with Gasteiger partial charge in [0, 0.05) is 5.56 Å². The van der Waals surface area contributed by atoms with Crippen LogP contribution < -0.4 is 0 Å². The molecule has 6 nitrogen and oxygen atoms in total. The molecular formula is C9H7F3N2O4. The summed E-state index contributed by atoms with van der Waals surface area (Å²) in [5.41, 5.74) is -2.91. The van der Waals surface area contributed by atoms with Crippen LogP contribution in [0.4, 0.5) is 18.9 Å². The number of rotatable bonds is 4. The molecule has 0 atom stereocenters. The second-order valence-electron chi connectivity index (χ2n) is 3.13. The van der Waals surface area contributed by atoms with Gasteiger partial charge in [-0.3, -0.25) is 14.9 Å². The van der Waals surface area contributed by atoms with Crippen LogP contribution in [0.1, 0.15) is 17.7 Å². The van der Waals surface area contributed by atoms with Gasteiger partial charge in [-0.2, -0.15) is 4.39 Å². The maximum Gasteiger partial charge on any atom is 0.323 e. The van der Waals surface area contributed by atoms with Crippen LogP contribution in [-0.4, -0.2) is 23.0 Å². The molecule has 0 unspecified atom stereocenters. The minimum Gasteiger partial charge on any atom is -0.469 e. The summed E-state index contributed by atoms with van der Waals surface area (Å²) in [6.07, 6.45) is -3.62. The molecule has 0 spiro atoms. The van der Waals surface area contributed by atoms with Crippen molar-refractivity contribution in [3.05, 3.63) is 33.4 Å². The highest BCUT2D eigenvalue weighted by Crippen LogP contribution is 2.28. The molecule has 18 heavy (non-hydrogen) atoms. The first-order valence-electron chi connectivity index (χ1n) is 4.55. The Kier molecular flexibility index (Phi) is 4.18. The predicted octanol–water partition coefficient (Wildman–Crippen LogP) is 1.78. The van der Waals surface area contributed by atoms with E-state index >= 15 is 0 Å². The van der Waals surface area contributed by atoms with Crippen molar-refractivity contribution >= 4 is 11.7 Å². The summed E-state index contributed by atoms with van der Waals surface area (Å²) >= 11 is 0. The Bertz CT molecular complexity index is 493. The van der Waals surface area contributed by atoms with Gasteiger partial charge in [0.15, 0.2) is 0 Å². The third-order valence-electron chi connectivity index (χ3n) is 2.08. The van der Waals surface area contributed by atoms with Gasteiger partial charge in [-0.15, -0.1) is 0 Å². The number of carbonyl (C=O) groups excluding carboxylic acids is 1. The lowest BCUT2D eigenvalue weighted by Crippen LogP contribution is -2.12. The zero-order valence-electron chi connectivity index (χ0n) is 9.02. The first-order valence-corrected chi connectivity index (χ1v) is 4.55. The van der Waals surface area contributed by atoms with E-state index in [4.69, 9.17) is 0 Å². The predicted molar refractivity (Wildman–Crippen MR) is 51.5 cm³/mol. The summed E-state index contributed by atoms with van der Waals surface area (Å²) < 4.78 is 42.9. The first kappa shape index (κ1) is 13.9. The quantitative estimate of drug-likeness (QED) is 0.470. The minimum atomic E-state index is -3.15. The highest BCUT2D eigenvalue weighted by atomic mass is 19.3. The fourth-order valence-electron chi connectivity index (χ4n) is 1.23. The van der Waals surface area contributed by atoms with E-state index in [-0.39, 0.29) is 0 Å². The van der Waals surface area contributed by atoms with Gasteiger partial charge in [0.05, 0.1) is 18.5 Å². The number of nitrogens with zero attached hydrogens (tertiary/aromatic N) is 2. The van der Waals surface area contributed by atoms with Crippen LogP contribution in [0.3, 0.4) is 0 Å². The van der Waals surface area contributed by atoms with Crippen LogP contribution in [0, 0.1) is 15.9 Å². The lowest BCUT2D eigenvalue weighted by Gasteiger charge is -2.08. The standard InChI is InChI=1S/C9H7F3N2O4/c1-18-6(15)2-4-7(10)5(14(16)17)3-13-8(4)9(11)12/h3,9H,2H2,1H3. The van der Waals surface area contributed by atoms with Crippen molar-refractivity contribution in [1.82, 2.24) is 4.98 Å². The van der Waals surface area contributed by atoms with Crippen LogP contribution in [0.15, 0.2) is 6.20 Å². The number of hydrogen-bond donors (Lipinski definition) is 0. The Hall–Kier alpha value is -2.19. The summed E-state index contributed by atoms with van der Waals surface area (Å²) in [7, 11) is 0.979. The van der Waals surface area contributed by atoms with E-state index in [9.17, 15) is 28.1 Å². The molecule has 0 N–H and O–H groups in total. The number of hydrogen-bond acceptors (Lipinski definition) is 5. The topological polar surface area (TPSA) is 82.3 Å². The molecule has 1 aromatic rings. The van der Waals surface area contributed by atoms with E-state index < -0.39 is 46.5 Å². The number of methoxy groups -OCH3 is 1. The molecule has 0 saturated carbocycles. The third kappa shape index (κ3) is 2.73. The van der Waals surface area contributed by atoms with E-state index in [1.807, 2.05) is 0 Å². The number of esters is 1. The summed E-state index contributed by atoms with van der Waals surface area (Å²) in [6, 6.07) is 0. The number of alkyl halides is 2. The Balaban J connectivity index is 3.35. The van der Waals surface area contributed by atoms with E-state index in [1.54, 1.807) is 0 Å². The van der Waals surface area contributed by atoms with Crippen molar-refractivity contribution in [3.63, 3.8) is 0 Å². The summed E-state index contributed by atoms with van der Waals surface area (Å²) in [5, 5.41) is 10.4. The molecule has 0 fully saturated rings. The Morgan fingerprint density at radius 3 is 2.67 bits per heavy atom. The number of pyridine rings is 1. The van der Waals surface area contributed by atoms with Crippen molar-refractivity contribution < 1.29 is 27.6 Å². The maximum absolute atomic E-state index is 13.6. The molecule has 0 aliphatic carbocycles. The van der Waals surface area contributed by atoms with Gasteiger partial charge < -0.3 is 4.74 Å². The van der Waals surface area contributed by atoms with Crippen molar-refractivity contribution in [3.8, 4) is 0 Å². The summed E-state index contributed by atoms with van der Waals surface area (Å²) in [5.74, 6) is -2.51. The van der Waals surface area contributed by atoms with Crippen LogP contribution in [0.5, 0.6) is 0 Å². The average molecular weight is 264 g/mol. The first-order chi connectivity index (χ1) is 8.38. The molecule has 0 aliphatic rings. The monoisotopic (exact) mass is 264 g/mol. The molecule has 9 heteroatoms. The molecule has 1 heterocycles. The van der Waals surface area contributed by atoms with Crippen LogP contribution in [-0.2, 0) is 16.0 Å². The highest BCUT2D eigenvalue weighted by Gasteiger charge is 2.27. The van der Waals surface area contributed by atoms with E-state index in [1.165, 1.54) is 0 Å². The number of ether oxygens (including phenoxy) is 1. The van der Waals surface area contributed by atoms with E-state index in [2.05, 4.69) is 9.72 Å². The van der Waals surface area contributed by atoms with Gasteiger partial charge in [-0.1, -0.05) is 0 Å². The summed E-state index contributed by atoms with van der Waals surface area (Å²) in [4.78, 5) is 23.4. The zero-order chi connectivity index (χ0) is 13.9. The van der Waals surface area contributed by atoms with E-state index in [0.29, 0.717) is 6.20 Å². The SMILES string of the molecule is COC(=O)Cc1c(C(F)F)ncc([N+](=O)[O-])c1F. The number of halogens is 3. The smallest absolute Gasteiger partial charge is 0.323 e. The van der Waals surface area contributed by atoms with Crippen molar-refractivity contribution in [2.45, 2.75) is 12.8 Å². The summed E-state index contributed by atoms with van der Waals surface area (Å²) in [6.45, 7) is 0. The van der Waals surface area contributed by atoms with Crippen LogP contribution >= 0.6 is 0 Å². The second-order valence-corrected chi connectivity index (χ2v) is 3.13. The van der Waals surface area contributed by atoms with Gasteiger partial charge in [0.1, 0.15) is 11.9 Å². The Morgan fingerprint density at radius 2 is 2.22 bits per heavy atom. The molecule has 98 valence electrons. The number of carbonyl (C=O) groups is 1. The van der Waals surface area contributed by atoms with Gasteiger partial charge in [-0.25, -0.2) is 13.8 Å². The van der Waals surface area contributed by atoms with Gasteiger partial charge in [-0.05, 0) is 0 Å². The maximum atomic E-state index is 13.6. The molecule has 0 amide bonds. The largest absolute Gasteiger partial charge is 0.469 e. The number of nitro groups is 1. The molecular weight excluding hydrogens is 257 g/mol. The van der Waals surface area contributed by atoms with Crippen molar-refractivity contribution in [2.75, 3.05) is 7.11 Å². The fraction of sp³-hybridized carbons (Fsp3) is 0.333. The van der Waals surface area contributed by atoms with Gasteiger partial charge >= 0.3 is 11.7 Å². The van der Waals surface area contributed by atoms with Gasteiger partial charge in [0.25, 0.3) is 6.43 Å². The fourth-order valence-corrected chi connectivity index (χ4v) is 1.23. The second kappa shape index (κ2) is 5.43. The minimum absolute atomic E-state index is 0.387. The van der Waals surface area contributed by atoms with Crippen LogP contribution in [0.2, 0.25) is 0 Å².